The highest BCUT2D eigenvalue weighted by Gasteiger charge is 2.18. The lowest BCUT2D eigenvalue weighted by Gasteiger charge is -2.26. The van der Waals surface area contributed by atoms with Gasteiger partial charge in [-0.1, -0.05) is 28.9 Å². The maximum Gasteiger partial charge on any atom is 0.244 e. The van der Waals surface area contributed by atoms with Crippen LogP contribution in [0, 0.1) is 0 Å². The van der Waals surface area contributed by atoms with E-state index in [1.165, 1.54) is 6.92 Å². The fourth-order valence-corrected chi connectivity index (χ4v) is 2.12. The predicted molar refractivity (Wildman–Crippen MR) is 79.9 cm³/mol. The number of rotatable bonds is 5. The summed E-state index contributed by atoms with van der Waals surface area (Å²) in [6.07, 6.45) is 0.823. The van der Waals surface area contributed by atoms with Gasteiger partial charge in [0.15, 0.2) is 0 Å². The summed E-state index contributed by atoms with van der Waals surface area (Å²) >= 11 is 3.34. The molecule has 0 bridgehead atoms. The van der Waals surface area contributed by atoms with Gasteiger partial charge in [-0.3, -0.25) is 9.59 Å². The van der Waals surface area contributed by atoms with E-state index in [1.54, 1.807) is 4.90 Å². The lowest BCUT2D eigenvalue weighted by Crippen LogP contribution is -2.42. The van der Waals surface area contributed by atoms with Gasteiger partial charge in [0.05, 0.1) is 0 Å². The largest absolute Gasteiger partial charge is 0.331 e. The molecular weight excluding hydrogens is 308 g/mol. The van der Waals surface area contributed by atoms with Crippen LogP contribution in [0.2, 0.25) is 0 Å². The molecule has 1 unspecified atom stereocenters. The second-order valence-electron chi connectivity index (χ2n) is 4.46. The number of hydrogen-bond donors (Lipinski definition) is 1. The van der Waals surface area contributed by atoms with E-state index >= 15 is 0 Å². The van der Waals surface area contributed by atoms with Crippen molar-refractivity contribution in [3.05, 3.63) is 28.7 Å². The first-order valence-corrected chi connectivity index (χ1v) is 7.06. The Morgan fingerprint density at radius 3 is 2.63 bits per heavy atom. The molecule has 0 aliphatic rings. The lowest BCUT2D eigenvalue weighted by atomic mass is 10.2. The highest BCUT2D eigenvalue weighted by atomic mass is 79.9. The average molecular weight is 327 g/mol. The van der Waals surface area contributed by atoms with Crippen molar-refractivity contribution in [2.24, 2.45) is 0 Å². The van der Waals surface area contributed by atoms with Crippen molar-refractivity contribution in [1.82, 2.24) is 4.90 Å². The number of nitrogens with one attached hydrogen (secondary N) is 1. The molecule has 0 radical (unpaired) electrons. The van der Waals surface area contributed by atoms with Gasteiger partial charge in [0.1, 0.15) is 6.54 Å². The monoisotopic (exact) mass is 326 g/mol. The van der Waals surface area contributed by atoms with E-state index in [0.717, 1.165) is 10.9 Å². The Balaban J connectivity index is 2.65. The molecule has 2 amide bonds. The maximum absolute atomic E-state index is 11.9. The summed E-state index contributed by atoms with van der Waals surface area (Å²) in [6, 6.07) is 7.42. The SMILES string of the molecule is CCC(C)N(CC(=O)Nc1cccc(Br)c1)C(C)=O. The minimum atomic E-state index is -0.186. The summed E-state index contributed by atoms with van der Waals surface area (Å²) in [6.45, 7) is 5.50. The second kappa shape index (κ2) is 7.28. The van der Waals surface area contributed by atoms with Gasteiger partial charge in [0.2, 0.25) is 11.8 Å². The molecular formula is C14H19BrN2O2. The van der Waals surface area contributed by atoms with Gasteiger partial charge in [0, 0.05) is 23.1 Å². The summed E-state index contributed by atoms with van der Waals surface area (Å²) in [5, 5.41) is 2.78. The molecule has 5 heteroatoms. The van der Waals surface area contributed by atoms with E-state index in [-0.39, 0.29) is 24.4 Å². The number of anilines is 1. The molecule has 0 heterocycles. The van der Waals surface area contributed by atoms with Crippen LogP contribution in [0.25, 0.3) is 0 Å². The molecule has 1 atom stereocenters. The third-order valence-electron chi connectivity index (χ3n) is 2.95. The molecule has 0 saturated carbocycles. The van der Waals surface area contributed by atoms with Gasteiger partial charge in [-0.25, -0.2) is 0 Å². The van der Waals surface area contributed by atoms with Crippen molar-refractivity contribution in [3.8, 4) is 0 Å². The maximum atomic E-state index is 11.9. The Morgan fingerprint density at radius 1 is 1.42 bits per heavy atom. The van der Waals surface area contributed by atoms with Crippen LogP contribution in [-0.2, 0) is 9.59 Å². The van der Waals surface area contributed by atoms with Gasteiger partial charge >= 0.3 is 0 Å². The topological polar surface area (TPSA) is 49.4 Å². The van der Waals surface area contributed by atoms with E-state index < -0.39 is 0 Å². The van der Waals surface area contributed by atoms with Gasteiger partial charge < -0.3 is 10.2 Å². The van der Waals surface area contributed by atoms with Gasteiger partial charge in [0.25, 0.3) is 0 Å². The minimum Gasteiger partial charge on any atom is -0.331 e. The Bertz CT molecular complexity index is 463. The first-order valence-electron chi connectivity index (χ1n) is 6.26. The first-order chi connectivity index (χ1) is 8.93. The molecule has 0 spiro atoms. The number of amides is 2. The van der Waals surface area contributed by atoms with Crippen molar-refractivity contribution in [2.45, 2.75) is 33.2 Å². The van der Waals surface area contributed by atoms with Crippen molar-refractivity contribution >= 4 is 33.4 Å². The van der Waals surface area contributed by atoms with Crippen molar-refractivity contribution in [1.29, 1.82) is 0 Å². The summed E-state index contributed by atoms with van der Waals surface area (Å²) in [4.78, 5) is 25.0. The van der Waals surface area contributed by atoms with Crippen LogP contribution >= 0.6 is 15.9 Å². The Hall–Kier alpha value is -1.36. The molecule has 1 aromatic rings. The molecule has 0 fully saturated rings. The van der Waals surface area contributed by atoms with Crippen molar-refractivity contribution < 1.29 is 9.59 Å². The van der Waals surface area contributed by atoms with Crippen LogP contribution < -0.4 is 5.32 Å². The van der Waals surface area contributed by atoms with E-state index in [1.807, 2.05) is 38.1 Å². The number of hydrogen-bond acceptors (Lipinski definition) is 2. The predicted octanol–water partition coefficient (Wildman–Crippen LogP) is 3.03. The molecule has 0 aromatic heterocycles. The molecule has 1 rings (SSSR count). The number of benzene rings is 1. The smallest absolute Gasteiger partial charge is 0.244 e. The summed E-state index contributed by atoms with van der Waals surface area (Å²) in [5.74, 6) is -0.271. The van der Waals surface area contributed by atoms with Gasteiger partial charge in [-0.05, 0) is 31.5 Å². The normalized spacial score (nSPS) is 11.8. The third kappa shape index (κ3) is 5.03. The zero-order chi connectivity index (χ0) is 14.4. The van der Waals surface area contributed by atoms with Crippen LogP contribution in [0.3, 0.4) is 0 Å². The zero-order valence-corrected chi connectivity index (χ0v) is 13.0. The van der Waals surface area contributed by atoms with Crippen LogP contribution in [0.4, 0.5) is 5.69 Å². The summed E-state index contributed by atoms with van der Waals surface area (Å²) in [5.41, 5.74) is 0.715. The lowest BCUT2D eigenvalue weighted by molar-refractivity contribution is -0.134. The second-order valence-corrected chi connectivity index (χ2v) is 5.38. The number of carbonyl (C=O) groups excluding carboxylic acids is 2. The quantitative estimate of drug-likeness (QED) is 0.904. The Labute approximate surface area is 122 Å². The van der Waals surface area contributed by atoms with Gasteiger partial charge in [-0.15, -0.1) is 0 Å². The average Bonchev–Trinajstić information content (AvgIpc) is 2.34. The van der Waals surface area contributed by atoms with Crippen molar-refractivity contribution in [2.75, 3.05) is 11.9 Å². The van der Waals surface area contributed by atoms with Crippen LogP contribution in [0.5, 0.6) is 0 Å². The van der Waals surface area contributed by atoms with E-state index in [0.29, 0.717) is 5.69 Å². The summed E-state index contributed by atoms with van der Waals surface area (Å²) in [7, 11) is 0. The molecule has 0 saturated heterocycles. The minimum absolute atomic E-state index is 0.0609. The fraction of sp³-hybridized carbons (Fsp3) is 0.429. The molecule has 4 nitrogen and oxygen atoms in total. The molecule has 1 aromatic carbocycles. The zero-order valence-electron chi connectivity index (χ0n) is 11.4. The number of halogens is 1. The Kier molecular flexibility index (Phi) is 6.02. The van der Waals surface area contributed by atoms with Crippen molar-refractivity contribution in [3.63, 3.8) is 0 Å². The van der Waals surface area contributed by atoms with Crippen LogP contribution in [-0.4, -0.2) is 29.3 Å². The molecule has 19 heavy (non-hydrogen) atoms. The Morgan fingerprint density at radius 2 is 2.11 bits per heavy atom. The molecule has 1 N–H and O–H groups in total. The third-order valence-corrected chi connectivity index (χ3v) is 3.44. The van der Waals surface area contributed by atoms with Gasteiger partial charge in [-0.2, -0.15) is 0 Å². The van der Waals surface area contributed by atoms with E-state index in [9.17, 15) is 9.59 Å². The highest BCUT2D eigenvalue weighted by molar-refractivity contribution is 9.10. The standard InChI is InChI=1S/C14H19BrN2O2/c1-4-10(2)17(11(3)18)9-14(19)16-13-7-5-6-12(15)8-13/h5-8,10H,4,9H2,1-3H3,(H,16,19). The first kappa shape index (κ1) is 15.7. The number of carbonyl (C=O) groups is 2. The van der Waals surface area contributed by atoms with E-state index in [4.69, 9.17) is 0 Å². The number of nitrogens with zero attached hydrogens (tertiary/aromatic N) is 1. The van der Waals surface area contributed by atoms with Crippen LogP contribution in [0.15, 0.2) is 28.7 Å². The molecule has 0 aliphatic heterocycles. The fourth-order valence-electron chi connectivity index (χ4n) is 1.72. The highest BCUT2D eigenvalue weighted by Crippen LogP contribution is 2.15. The summed E-state index contributed by atoms with van der Waals surface area (Å²) < 4.78 is 0.899. The molecule has 104 valence electrons. The molecule has 0 aliphatic carbocycles. The van der Waals surface area contributed by atoms with Crippen LogP contribution in [0.1, 0.15) is 27.2 Å². The van der Waals surface area contributed by atoms with E-state index in [2.05, 4.69) is 21.2 Å².